The second kappa shape index (κ2) is 9.01. The number of H-pyrrole nitrogens is 1. The van der Waals surface area contributed by atoms with Gasteiger partial charge in [-0.15, -0.1) is 11.3 Å². The maximum absolute atomic E-state index is 12.3. The average molecular weight is 447 g/mol. The monoisotopic (exact) mass is 446 g/mol. The van der Waals surface area contributed by atoms with Gasteiger partial charge in [0.25, 0.3) is 11.7 Å². The summed E-state index contributed by atoms with van der Waals surface area (Å²) in [5.41, 5.74) is 4.70. The van der Waals surface area contributed by atoms with E-state index in [-0.39, 0.29) is 0 Å². The van der Waals surface area contributed by atoms with Crippen LogP contribution >= 0.6 is 11.3 Å². The summed E-state index contributed by atoms with van der Waals surface area (Å²) in [6.45, 7) is 8.27. The van der Waals surface area contributed by atoms with E-state index in [1.54, 1.807) is 17.5 Å². The van der Waals surface area contributed by atoms with Gasteiger partial charge in [-0.05, 0) is 84.7 Å². The molecule has 0 saturated heterocycles. The summed E-state index contributed by atoms with van der Waals surface area (Å²) in [6, 6.07) is 13.1. The highest BCUT2D eigenvalue weighted by molar-refractivity contribution is 7.13. The lowest BCUT2D eigenvalue weighted by atomic mass is 10.0. The third-order valence-corrected chi connectivity index (χ3v) is 6.12. The molecule has 4 aromatic rings. The maximum atomic E-state index is 12.3. The van der Waals surface area contributed by atoms with Crippen LogP contribution in [0.2, 0.25) is 0 Å². The number of thiophene rings is 1. The Kier molecular flexibility index (Phi) is 6.15. The number of aromatic nitrogens is 1. The first-order valence-corrected chi connectivity index (χ1v) is 11.5. The number of hydrogen-bond donors (Lipinski definition) is 2. The molecule has 0 aliphatic heterocycles. The van der Waals surface area contributed by atoms with Gasteiger partial charge < -0.3 is 15.0 Å². The number of nitrogens with one attached hydrogen (secondary N) is 2. The van der Waals surface area contributed by atoms with Gasteiger partial charge in [0.15, 0.2) is 0 Å². The summed E-state index contributed by atoms with van der Waals surface area (Å²) >= 11 is 1.25. The van der Waals surface area contributed by atoms with Crippen LogP contribution in [0.25, 0.3) is 10.9 Å². The molecule has 0 radical (unpaired) electrons. The molecule has 2 aromatic carbocycles. The Balaban J connectivity index is 1.55. The molecule has 1 amide bonds. The van der Waals surface area contributed by atoms with Crippen molar-refractivity contribution < 1.29 is 14.3 Å². The minimum atomic E-state index is -0.643. The van der Waals surface area contributed by atoms with E-state index < -0.39 is 11.7 Å². The van der Waals surface area contributed by atoms with E-state index in [9.17, 15) is 9.59 Å². The molecule has 4 rings (SSSR count). The van der Waals surface area contributed by atoms with Crippen molar-refractivity contribution in [3.05, 3.63) is 75.6 Å². The van der Waals surface area contributed by atoms with Gasteiger partial charge in [0.2, 0.25) is 0 Å². The Labute approximate surface area is 191 Å². The number of anilines is 1. The zero-order chi connectivity index (χ0) is 22.8. The minimum Gasteiger partial charge on any atom is -0.457 e. The Morgan fingerprint density at radius 2 is 1.84 bits per heavy atom. The summed E-state index contributed by atoms with van der Waals surface area (Å²) in [6.07, 6.45) is 3.07. The SMILES string of the molecule is Cc1cc(NC(=O)C(=O)c2cccs2)cc(C)c1Oc1ccc2[nH]cc(CC(C)C)c2c1. The molecule has 2 N–H and O–H groups in total. The van der Waals surface area contributed by atoms with E-state index in [2.05, 4.69) is 36.4 Å². The predicted octanol–water partition coefficient (Wildman–Crippen LogP) is 6.66. The lowest BCUT2D eigenvalue weighted by Crippen LogP contribution is -2.22. The number of amides is 1. The second-order valence-corrected chi connectivity index (χ2v) is 9.37. The number of ketones is 1. The summed E-state index contributed by atoms with van der Waals surface area (Å²) in [5, 5.41) is 5.65. The van der Waals surface area contributed by atoms with Crippen LogP contribution in [0.5, 0.6) is 11.5 Å². The largest absolute Gasteiger partial charge is 0.457 e. The number of aromatic amines is 1. The van der Waals surface area contributed by atoms with Crippen molar-refractivity contribution in [2.24, 2.45) is 5.92 Å². The van der Waals surface area contributed by atoms with E-state index in [1.165, 1.54) is 22.3 Å². The Morgan fingerprint density at radius 1 is 1.09 bits per heavy atom. The molecule has 32 heavy (non-hydrogen) atoms. The van der Waals surface area contributed by atoms with Crippen molar-refractivity contribution in [3.63, 3.8) is 0 Å². The normalized spacial score (nSPS) is 11.2. The molecule has 0 aliphatic carbocycles. The molecule has 0 unspecified atom stereocenters. The molecule has 6 heteroatoms. The van der Waals surface area contributed by atoms with Crippen molar-refractivity contribution >= 4 is 39.6 Å². The van der Waals surface area contributed by atoms with E-state index >= 15 is 0 Å². The minimum absolute atomic E-state index is 0.424. The standard InChI is InChI=1S/C26H26N2O3S/c1-15(2)10-18-14-27-22-8-7-20(13-21(18)22)31-25-16(3)11-19(12-17(25)4)28-26(30)24(29)23-6-5-9-32-23/h5-9,11-15,27H,10H2,1-4H3,(H,28,30). The van der Waals surface area contributed by atoms with Crippen LogP contribution in [0.3, 0.4) is 0 Å². The van der Waals surface area contributed by atoms with Gasteiger partial charge in [-0.1, -0.05) is 19.9 Å². The van der Waals surface area contributed by atoms with E-state index in [0.717, 1.165) is 34.6 Å². The molecular weight excluding hydrogens is 420 g/mol. The number of rotatable bonds is 7. The number of fused-ring (bicyclic) bond motifs is 1. The van der Waals surface area contributed by atoms with Crippen LogP contribution in [-0.4, -0.2) is 16.7 Å². The van der Waals surface area contributed by atoms with E-state index in [4.69, 9.17) is 4.74 Å². The molecule has 0 aliphatic rings. The third-order valence-electron chi connectivity index (χ3n) is 5.26. The van der Waals surface area contributed by atoms with Crippen LogP contribution < -0.4 is 10.1 Å². The lowest BCUT2D eigenvalue weighted by molar-refractivity contribution is -0.112. The number of aryl methyl sites for hydroxylation is 2. The summed E-state index contributed by atoms with van der Waals surface area (Å²) < 4.78 is 6.25. The number of carbonyl (C=O) groups is 2. The molecule has 5 nitrogen and oxygen atoms in total. The van der Waals surface area contributed by atoms with Gasteiger partial charge in [0.05, 0.1) is 4.88 Å². The second-order valence-electron chi connectivity index (χ2n) is 8.42. The average Bonchev–Trinajstić information content (AvgIpc) is 3.40. The molecule has 0 atom stereocenters. The highest BCUT2D eigenvalue weighted by Crippen LogP contribution is 2.34. The third kappa shape index (κ3) is 4.60. The Morgan fingerprint density at radius 3 is 2.50 bits per heavy atom. The molecular formula is C26H26N2O3S. The van der Waals surface area contributed by atoms with Crippen LogP contribution in [-0.2, 0) is 11.2 Å². The predicted molar refractivity (Wildman–Crippen MR) is 130 cm³/mol. The first-order valence-electron chi connectivity index (χ1n) is 10.6. The Hall–Kier alpha value is -3.38. The number of Topliss-reactive ketones (excluding diaryl/α,β-unsaturated/α-hetero) is 1. The van der Waals surface area contributed by atoms with Crippen LogP contribution in [0, 0.1) is 19.8 Å². The van der Waals surface area contributed by atoms with Gasteiger partial charge >= 0.3 is 0 Å². The van der Waals surface area contributed by atoms with Crippen LogP contribution in [0.15, 0.2) is 54.0 Å². The van der Waals surface area contributed by atoms with Crippen molar-refractivity contribution in [1.29, 1.82) is 0 Å². The lowest BCUT2D eigenvalue weighted by Gasteiger charge is -2.14. The van der Waals surface area contributed by atoms with Crippen LogP contribution in [0.1, 0.15) is 40.2 Å². The first-order chi connectivity index (χ1) is 15.3. The zero-order valence-corrected chi connectivity index (χ0v) is 19.4. The Bertz CT molecular complexity index is 1260. The molecule has 164 valence electrons. The molecule has 2 aromatic heterocycles. The quantitative estimate of drug-likeness (QED) is 0.246. The van der Waals surface area contributed by atoms with Crippen LogP contribution in [0.4, 0.5) is 5.69 Å². The first kappa shape index (κ1) is 21.8. The molecule has 2 heterocycles. The fourth-order valence-electron chi connectivity index (χ4n) is 3.84. The van der Waals surface area contributed by atoms with Crippen molar-refractivity contribution in [1.82, 2.24) is 4.98 Å². The topological polar surface area (TPSA) is 71.2 Å². The fraction of sp³-hybridized carbons (Fsp3) is 0.231. The smallest absolute Gasteiger partial charge is 0.297 e. The van der Waals surface area contributed by atoms with Gasteiger partial charge in [-0.3, -0.25) is 9.59 Å². The number of hydrogen-bond acceptors (Lipinski definition) is 4. The highest BCUT2D eigenvalue weighted by Gasteiger charge is 2.18. The maximum Gasteiger partial charge on any atom is 0.297 e. The number of ether oxygens (including phenoxy) is 1. The molecule has 0 bridgehead atoms. The van der Waals surface area contributed by atoms with Crippen molar-refractivity contribution in [3.8, 4) is 11.5 Å². The number of benzene rings is 2. The summed E-state index contributed by atoms with van der Waals surface area (Å²) in [4.78, 5) is 28.3. The van der Waals surface area contributed by atoms with Gasteiger partial charge in [-0.25, -0.2) is 0 Å². The molecule has 0 fully saturated rings. The van der Waals surface area contributed by atoms with E-state index in [1.807, 2.05) is 38.1 Å². The molecule has 0 saturated carbocycles. The van der Waals surface area contributed by atoms with Crippen molar-refractivity contribution in [2.75, 3.05) is 5.32 Å². The van der Waals surface area contributed by atoms with E-state index in [0.29, 0.717) is 16.5 Å². The van der Waals surface area contributed by atoms with Gasteiger partial charge in [0.1, 0.15) is 11.5 Å². The van der Waals surface area contributed by atoms with Crippen molar-refractivity contribution in [2.45, 2.75) is 34.1 Å². The summed E-state index contributed by atoms with van der Waals surface area (Å²) in [7, 11) is 0. The highest BCUT2D eigenvalue weighted by atomic mass is 32.1. The summed E-state index contributed by atoms with van der Waals surface area (Å²) in [5.74, 6) is 0.895. The zero-order valence-electron chi connectivity index (χ0n) is 18.6. The molecule has 0 spiro atoms. The van der Waals surface area contributed by atoms with Gasteiger partial charge in [0, 0.05) is 22.8 Å². The fourth-order valence-corrected chi connectivity index (χ4v) is 4.50. The van der Waals surface area contributed by atoms with Gasteiger partial charge in [-0.2, -0.15) is 0 Å². The number of carbonyl (C=O) groups excluding carboxylic acids is 2.